The van der Waals surface area contributed by atoms with Crippen molar-refractivity contribution in [1.29, 1.82) is 0 Å². The number of hydrogen-bond donors (Lipinski definition) is 1. The van der Waals surface area contributed by atoms with Crippen LogP contribution in [0, 0.1) is 0 Å². The van der Waals surface area contributed by atoms with Gasteiger partial charge in [-0.25, -0.2) is 0 Å². The molecule has 0 aliphatic carbocycles. The Morgan fingerprint density at radius 1 is 1.20 bits per heavy atom. The zero-order chi connectivity index (χ0) is 18.3. The molecule has 0 aromatic heterocycles. The summed E-state index contributed by atoms with van der Waals surface area (Å²) in [5.74, 6) is 0.291. The van der Waals surface area contributed by atoms with Crippen LogP contribution in [-0.2, 0) is 11.3 Å². The van der Waals surface area contributed by atoms with E-state index in [-0.39, 0.29) is 5.75 Å². The zero-order valence-corrected chi connectivity index (χ0v) is 14.6. The number of likely N-dealkylation sites (tertiary alicyclic amines) is 1. The highest BCUT2D eigenvalue weighted by atomic mass is 19.4. The zero-order valence-electron chi connectivity index (χ0n) is 14.6. The number of halogens is 3. The number of alkyl halides is 3. The average Bonchev–Trinajstić information content (AvgIpc) is 2.55. The number of benzene rings is 1. The minimum Gasteiger partial charge on any atom is -0.491 e. The Kier molecular flexibility index (Phi) is 7.34. The van der Waals surface area contributed by atoms with Crippen molar-refractivity contribution in [1.82, 2.24) is 10.2 Å². The smallest absolute Gasteiger partial charge is 0.491 e. The summed E-state index contributed by atoms with van der Waals surface area (Å²) >= 11 is 0. The fraction of sp³-hybridized carbons (Fsp3) is 0.647. The predicted molar refractivity (Wildman–Crippen MR) is 87.9 cm³/mol. The van der Waals surface area contributed by atoms with Crippen molar-refractivity contribution in [2.24, 2.45) is 0 Å². The van der Waals surface area contributed by atoms with Gasteiger partial charge in [0.15, 0.2) is 0 Å². The summed E-state index contributed by atoms with van der Waals surface area (Å²) in [5, 5.41) is 3.40. The molecule has 0 unspecified atom stereocenters. The van der Waals surface area contributed by atoms with Gasteiger partial charge in [0.1, 0.15) is 18.1 Å². The lowest BCUT2D eigenvalue weighted by molar-refractivity contribution is -0.274. The molecule has 1 fully saturated rings. The van der Waals surface area contributed by atoms with Crippen LogP contribution < -0.4 is 14.8 Å². The summed E-state index contributed by atoms with van der Waals surface area (Å²) in [6.45, 7) is 3.17. The molecule has 0 atom stereocenters. The van der Waals surface area contributed by atoms with Crippen LogP contribution in [0.2, 0.25) is 0 Å². The van der Waals surface area contributed by atoms with E-state index in [1.165, 1.54) is 18.2 Å². The van der Waals surface area contributed by atoms with Gasteiger partial charge in [0, 0.05) is 25.3 Å². The third kappa shape index (κ3) is 7.09. The lowest BCUT2D eigenvalue weighted by Crippen LogP contribution is -2.40. The van der Waals surface area contributed by atoms with Gasteiger partial charge in [-0.1, -0.05) is 0 Å². The molecule has 2 rings (SSSR count). The minimum absolute atomic E-state index is 0.244. The first-order valence-corrected chi connectivity index (χ1v) is 8.29. The molecule has 0 saturated carbocycles. The molecule has 142 valence electrons. The molecule has 0 amide bonds. The molecule has 1 aliphatic rings. The van der Waals surface area contributed by atoms with Crippen molar-refractivity contribution in [2.45, 2.75) is 31.8 Å². The number of rotatable bonds is 8. The molecular formula is C17H25F3N2O3. The molecule has 0 spiro atoms. The number of piperidine rings is 1. The Hall–Kier alpha value is -1.51. The summed E-state index contributed by atoms with van der Waals surface area (Å²) in [6.07, 6.45) is -2.69. The van der Waals surface area contributed by atoms with E-state index in [4.69, 9.17) is 9.47 Å². The lowest BCUT2D eigenvalue weighted by atomic mass is 10.0. The van der Waals surface area contributed by atoms with Gasteiger partial charge in [0.2, 0.25) is 0 Å². The summed E-state index contributed by atoms with van der Waals surface area (Å²) in [6, 6.07) is 4.48. The second kappa shape index (κ2) is 9.26. The molecule has 1 saturated heterocycles. The molecule has 25 heavy (non-hydrogen) atoms. The van der Waals surface area contributed by atoms with Crippen LogP contribution in [0.3, 0.4) is 0 Å². The van der Waals surface area contributed by atoms with Gasteiger partial charge < -0.3 is 24.4 Å². The third-order valence-electron chi connectivity index (χ3n) is 4.11. The van der Waals surface area contributed by atoms with Crippen LogP contribution in [0.1, 0.15) is 18.4 Å². The van der Waals surface area contributed by atoms with E-state index in [1.54, 1.807) is 7.11 Å². The second-order valence-corrected chi connectivity index (χ2v) is 6.12. The largest absolute Gasteiger partial charge is 0.573 e. The molecule has 1 aliphatic heterocycles. The monoisotopic (exact) mass is 362 g/mol. The number of nitrogens with zero attached hydrogens (tertiary/aromatic N) is 1. The topological polar surface area (TPSA) is 43.0 Å². The van der Waals surface area contributed by atoms with Gasteiger partial charge in [-0.15, -0.1) is 13.2 Å². The van der Waals surface area contributed by atoms with E-state index in [1.807, 2.05) is 0 Å². The summed E-state index contributed by atoms with van der Waals surface area (Å²) in [7, 11) is 3.64. The maximum atomic E-state index is 12.4. The van der Waals surface area contributed by atoms with Crippen molar-refractivity contribution in [2.75, 3.05) is 40.5 Å². The Morgan fingerprint density at radius 2 is 1.92 bits per heavy atom. The summed E-state index contributed by atoms with van der Waals surface area (Å²) < 4.78 is 51.9. The molecular weight excluding hydrogens is 337 g/mol. The fourth-order valence-corrected chi connectivity index (χ4v) is 2.73. The number of methoxy groups -OCH3 is 1. The molecule has 5 nitrogen and oxygen atoms in total. The maximum absolute atomic E-state index is 12.4. The van der Waals surface area contributed by atoms with Crippen molar-refractivity contribution in [3.63, 3.8) is 0 Å². The number of ether oxygens (including phenoxy) is 3. The molecule has 8 heteroatoms. The van der Waals surface area contributed by atoms with E-state index in [0.29, 0.717) is 37.1 Å². The Labute approximate surface area is 146 Å². The molecule has 1 aromatic carbocycles. The third-order valence-corrected chi connectivity index (χ3v) is 4.11. The standard InChI is InChI=1S/C17H25F3N2O3/c1-22-7-5-14(6-8-22)21-12-13-11-15(25-17(18,19)20)3-4-16(13)24-10-9-23-2/h3-4,11,14,21H,5-10,12H2,1-2H3. The fourth-order valence-electron chi connectivity index (χ4n) is 2.73. The highest BCUT2D eigenvalue weighted by Gasteiger charge is 2.31. The van der Waals surface area contributed by atoms with E-state index < -0.39 is 6.36 Å². The van der Waals surface area contributed by atoms with E-state index in [2.05, 4.69) is 22.0 Å². The molecule has 1 N–H and O–H groups in total. The predicted octanol–water partition coefficient (Wildman–Crippen LogP) is 2.79. The van der Waals surface area contributed by atoms with Crippen LogP contribution in [0.5, 0.6) is 11.5 Å². The summed E-state index contributed by atoms with van der Waals surface area (Å²) in [5.41, 5.74) is 0.636. The van der Waals surface area contributed by atoms with Gasteiger partial charge in [-0.3, -0.25) is 0 Å². The Bertz CT molecular complexity index is 532. The second-order valence-electron chi connectivity index (χ2n) is 6.12. The quantitative estimate of drug-likeness (QED) is 0.721. The van der Waals surface area contributed by atoms with Gasteiger partial charge in [0.05, 0.1) is 6.61 Å². The van der Waals surface area contributed by atoms with Crippen LogP contribution in [-0.4, -0.2) is 57.8 Å². The number of hydrogen-bond acceptors (Lipinski definition) is 5. The van der Waals surface area contributed by atoms with E-state index in [0.717, 1.165) is 25.9 Å². The first kappa shape index (κ1) is 19.8. The number of nitrogens with one attached hydrogen (secondary N) is 1. The first-order chi connectivity index (χ1) is 11.9. The van der Waals surface area contributed by atoms with Crippen LogP contribution in [0.4, 0.5) is 13.2 Å². The van der Waals surface area contributed by atoms with Gasteiger partial charge in [0.25, 0.3) is 0 Å². The van der Waals surface area contributed by atoms with E-state index in [9.17, 15) is 13.2 Å². The first-order valence-electron chi connectivity index (χ1n) is 8.29. The highest BCUT2D eigenvalue weighted by Crippen LogP contribution is 2.29. The molecule has 1 heterocycles. The van der Waals surface area contributed by atoms with E-state index >= 15 is 0 Å². The lowest BCUT2D eigenvalue weighted by Gasteiger charge is -2.29. The van der Waals surface area contributed by atoms with Crippen molar-refractivity contribution in [3.05, 3.63) is 23.8 Å². The maximum Gasteiger partial charge on any atom is 0.573 e. The molecule has 1 aromatic rings. The summed E-state index contributed by atoms with van der Waals surface area (Å²) in [4.78, 5) is 2.26. The molecule has 0 bridgehead atoms. The minimum atomic E-state index is -4.71. The van der Waals surface area contributed by atoms with Crippen LogP contribution >= 0.6 is 0 Å². The molecule has 0 radical (unpaired) electrons. The SMILES string of the molecule is COCCOc1ccc(OC(F)(F)F)cc1CNC1CCN(C)CC1. The van der Waals surface area contributed by atoms with Crippen LogP contribution in [0.25, 0.3) is 0 Å². The Balaban J connectivity index is 2.03. The van der Waals surface area contributed by atoms with Crippen molar-refractivity contribution in [3.8, 4) is 11.5 Å². The average molecular weight is 362 g/mol. The highest BCUT2D eigenvalue weighted by molar-refractivity contribution is 5.40. The van der Waals surface area contributed by atoms with Gasteiger partial charge in [-0.05, 0) is 51.2 Å². The van der Waals surface area contributed by atoms with Crippen molar-refractivity contribution < 1.29 is 27.4 Å². The normalized spacial score (nSPS) is 16.8. The van der Waals surface area contributed by atoms with Crippen LogP contribution in [0.15, 0.2) is 18.2 Å². The van der Waals surface area contributed by atoms with Gasteiger partial charge in [-0.2, -0.15) is 0 Å². The van der Waals surface area contributed by atoms with Crippen molar-refractivity contribution >= 4 is 0 Å². The van der Waals surface area contributed by atoms with Gasteiger partial charge >= 0.3 is 6.36 Å². The Morgan fingerprint density at radius 3 is 2.56 bits per heavy atom.